The molecular formula is C16H23NO2. The van der Waals surface area contributed by atoms with Crippen molar-refractivity contribution < 1.29 is 9.47 Å². The Morgan fingerprint density at radius 1 is 1.21 bits per heavy atom. The lowest BCUT2D eigenvalue weighted by Gasteiger charge is -2.29. The van der Waals surface area contributed by atoms with Crippen LogP contribution >= 0.6 is 0 Å². The molecule has 1 aliphatic carbocycles. The van der Waals surface area contributed by atoms with Crippen molar-refractivity contribution >= 4 is 0 Å². The zero-order valence-electron chi connectivity index (χ0n) is 11.9. The molecule has 3 rings (SSSR count). The van der Waals surface area contributed by atoms with Gasteiger partial charge in [0.25, 0.3) is 0 Å². The van der Waals surface area contributed by atoms with Crippen molar-refractivity contribution in [1.29, 1.82) is 0 Å². The van der Waals surface area contributed by atoms with Gasteiger partial charge < -0.3 is 14.8 Å². The Balaban J connectivity index is 1.83. The highest BCUT2D eigenvalue weighted by Crippen LogP contribution is 2.38. The standard InChI is InChI=1S/C16H23NO2/c1-16(9-4-10-17-16)12-7-8-14(15(11-12)18-2)19-13-5-3-6-13/h7-8,11,13,17H,3-6,9-10H2,1-2H3. The lowest BCUT2D eigenvalue weighted by atomic mass is 9.90. The Labute approximate surface area is 115 Å². The van der Waals surface area contributed by atoms with Crippen LogP contribution in [0.3, 0.4) is 0 Å². The van der Waals surface area contributed by atoms with E-state index in [4.69, 9.17) is 9.47 Å². The molecule has 0 bridgehead atoms. The van der Waals surface area contributed by atoms with Crippen LogP contribution in [0.2, 0.25) is 0 Å². The van der Waals surface area contributed by atoms with E-state index in [-0.39, 0.29) is 5.54 Å². The van der Waals surface area contributed by atoms with Gasteiger partial charge in [0.05, 0.1) is 13.2 Å². The quantitative estimate of drug-likeness (QED) is 0.902. The summed E-state index contributed by atoms with van der Waals surface area (Å²) >= 11 is 0. The molecule has 104 valence electrons. The Morgan fingerprint density at radius 2 is 2.05 bits per heavy atom. The molecule has 1 aliphatic heterocycles. The molecule has 1 aromatic carbocycles. The molecule has 0 aromatic heterocycles. The van der Waals surface area contributed by atoms with Crippen LogP contribution in [0.25, 0.3) is 0 Å². The molecule has 0 spiro atoms. The molecule has 0 amide bonds. The van der Waals surface area contributed by atoms with E-state index in [1.165, 1.54) is 37.7 Å². The van der Waals surface area contributed by atoms with Crippen molar-refractivity contribution in [3.8, 4) is 11.5 Å². The molecule has 1 aromatic rings. The highest BCUT2D eigenvalue weighted by atomic mass is 16.5. The number of benzene rings is 1. The van der Waals surface area contributed by atoms with Crippen molar-refractivity contribution in [3.05, 3.63) is 23.8 Å². The first-order valence-electron chi connectivity index (χ1n) is 7.31. The van der Waals surface area contributed by atoms with E-state index in [1.807, 2.05) is 0 Å². The third-order valence-electron chi connectivity index (χ3n) is 4.52. The van der Waals surface area contributed by atoms with Gasteiger partial charge in [-0.25, -0.2) is 0 Å². The molecule has 3 nitrogen and oxygen atoms in total. The summed E-state index contributed by atoms with van der Waals surface area (Å²) in [5, 5.41) is 3.59. The number of rotatable bonds is 4. The number of ether oxygens (including phenoxy) is 2. The normalized spacial score (nSPS) is 27.1. The second-order valence-electron chi connectivity index (χ2n) is 5.90. The average molecular weight is 261 g/mol. The molecule has 2 fully saturated rings. The second kappa shape index (κ2) is 5.04. The van der Waals surface area contributed by atoms with E-state index in [9.17, 15) is 0 Å². The van der Waals surface area contributed by atoms with Gasteiger partial charge in [-0.2, -0.15) is 0 Å². The van der Waals surface area contributed by atoms with E-state index in [2.05, 4.69) is 30.4 Å². The predicted molar refractivity (Wildman–Crippen MR) is 75.8 cm³/mol. The zero-order chi connectivity index (χ0) is 13.3. The van der Waals surface area contributed by atoms with Crippen LogP contribution in [0, 0.1) is 0 Å². The van der Waals surface area contributed by atoms with E-state index in [0.29, 0.717) is 6.10 Å². The molecule has 1 N–H and O–H groups in total. The maximum Gasteiger partial charge on any atom is 0.161 e. The minimum atomic E-state index is 0.0856. The van der Waals surface area contributed by atoms with Gasteiger partial charge in [0.15, 0.2) is 11.5 Å². The molecule has 1 heterocycles. The van der Waals surface area contributed by atoms with Gasteiger partial charge in [-0.1, -0.05) is 6.07 Å². The van der Waals surface area contributed by atoms with Gasteiger partial charge in [-0.05, 0) is 63.3 Å². The van der Waals surface area contributed by atoms with Crippen LogP contribution in [0.4, 0.5) is 0 Å². The van der Waals surface area contributed by atoms with Crippen molar-refractivity contribution in [3.63, 3.8) is 0 Å². The molecule has 19 heavy (non-hydrogen) atoms. The summed E-state index contributed by atoms with van der Waals surface area (Å²) in [5.41, 5.74) is 1.38. The minimum absolute atomic E-state index is 0.0856. The fraction of sp³-hybridized carbons (Fsp3) is 0.625. The number of nitrogens with one attached hydrogen (secondary N) is 1. The van der Waals surface area contributed by atoms with Crippen LogP contribution in [0.5, 0.6) is 11.5 Å². The fourth-order valence-corrected chi connectivity index (χ4v) is 2.92. The smallest absolute Gasteiger partial charge is 0.161 e. The summed E-state index contributed by atoms with van der Waals surface area (Å²) in [6.45, 7) is 3.36. The summed E-state index contributed by atoms with van der Waals surface area (Å²) in [6.07, 6.45) is 6.43. The molecule has 2 aliphatic rings. The topological polar surface area (TPSA) is 30.5 Å². The fourth-order valence-electron chi connectivity index (χ4n) is 2.92. The summed E-state index contributed by atoms with van der Waals surface area (Å²) in [7, 11) is 1.72. The number of hydrogen-bond donors (Lipinski definition) is 1. The van der Waals surface area contributed by atoms with E-state index in [1.54, 1.807) is 7.11 Å². The molecule has 1 unspecified atom stereocenters. The van der Waals surface area contributed by atoms with Crippen LogP contribution in [0.15, 0.2) is 18.2 Å². The summed E-state index contributed by atoms with van der Waals surface area (Å²) in [6, 6.07) is 6.37. The zero-order valence-corrected chi connectivity index (χ0v) is 11.9. The Bertz CT molecular complexity index is 448. The van der Waals surface area contributed by atoms with E-state index < -0.39 is 0 Å². The van der Waals surface area contributed by atoms with Crippen molar-refractivity contribution in [2.75, 3.05) is 13.7 Å². The Morgan fingerprint density at radius 3 is 2.63 bits per heavy atom. The molecule has 1 atom stereocenters. The molecule has 1 saturated heterocycles. The summed E-state index contributed by atoms with van der Waals surface area (Å²) in [5.74, 6) is 1.75. The lowest BCUT2D eigenvalue weighted by molar-refractivity contribution is 0.116. The SMILES string of the molecule is COc1cc(C2(C)CCCN2)ccc1OC1CCC1. The highest BCUT2D eigenvalue weighted by molar-refractivity contribution is 5.45. The van der Waals surface area contributed by atoms with Crippen LogP contribution in [-0.2, 0) is 5.54 Å². The monoisotopic (exact) mass is 261 g/mol. The predicted octanol–water partition coefficient (Wildman–Crippen LogP) is 3.23. The van der Waals surface area contributed by atoms with Gasteiger partial charge in [-0.15, -0.1) is 0 Å². The van der Waals surface area contributed by atoms with Crippen molar-refractivity contribution in [2.24, 2.45) is 0 Å². The summed E-state index contributed by atoms with van der Waals surface area (Å²) in [4.78, 5) is 0. The van der Waals surface area contributed by atoms with Gasteiger partial charge in [-0.3, -0.25) is 0 Å². The molecule has 3 heteroatoms. The van der Waals surface area contributed by atoms with Crippen molar-refractivity contribution in [1.82, 2.24) is 5.32 Å². The van der Waals surface area contributed by atoms with E-state index >= 15 is 0 Å². The Kier molecular flexibility index (Phi) is 3.40. The van der Waals surface area contributed by atoms with Gasteiger partial charge in [0.1, 0.15) is 0 Å². The first kappa shape index (κ1) is 12.8. The largest absolute Gasteiger partial charge is 0.493 e. The number of methoxy groups -OCH3 is 1. The number of hydrogen-bond acceptors (Lipinski definition) is 3. The maximum atomic E-state index is 5.98. The van der Waals surface area contributed by atoms with Crippen LogP contribution < -0.4 is 14.8 Å². The third kappa shape index (κ3) is 2.44. The minimum Gasteiger partial charge on any atom is -0.493 e. The first-order valence-corrected chi connectivity index (χ1v) is 7.31. The molecule has 1 saturated carbocycles. The lowest BCUT2D eigenvalue weighted by Crippen LogP contribution is -2.33. The van der Waals surface area contributed by atoms with E-state index in [0.717, 1.165) is 18.0 Å². The summed E-state index contributed by atoms with van der Waals surface area (Å²) < 4.78 is 11.5. The van der Waals surface area contributed by atoms with Crippen LogP contribution in [-0.4, -0.2) is 19.8 Å². The van der Waals surface area contributed by atoms with Gasteiger partial charge >= 0.3 is 0 Å². The molecular weight excluding hydrogens is 238 g/mol. The Hall–Kier alpha value is -1.22. The van der Waals surface area contributed by atoms with Crippen LogP contribution in [0.1, 0.15) is 44.6 Å². The van der Waals surface area contributed by atoms with Gasteiger partial charge in [0, 0.05) is 5.54 Å². The highest BCUT2D eigenvalue weighted by Gasteiger charge is 2.31. The second-order valence-corrected chi connectivity index (χ2v) is 5.90. The average Bonchev–Trinajstić information content (AvgIpc) is 2.82. The van der Waals surface area contributed by atoms with Crippen molar-refractivity contribution in [2.45, 2.75) is 50.7 Å². The first-order chi connectivity index (χ1) is 9.21. The maximum absolute atomic E-state index is 5.98. The van der Waals surface area contributed by atoms with Gasteiger partial charge in [0.2, 0.25) is 0 Å². The molecule has 0 radical (unpaired) electrons. The third-order valence-corrected chi connectivity index (χ3v) is 4.52.